The molecule has 0 aromatic heterocycles. The van der Waals surface area contributed by atoms with Crippen LogP contribution in [0, 0.1) is 0 Å². The third-order valence-electron chi connectivity index (χ3n) is 4.73. The number of aryl methyl sites for hydroxylation is 1. The summed E-state index contributed by atoms with van der Waals surface area (Å²) in [5, 5.41) is 24.9. The molecule has 3 N–H and O–H groups in total. The number of thioether (sulfide) groups is 1. The van der Waals surface area contributed by atoms with Gasteiger partial charge in [-0.1, -0.05) is 49.0 Å². The van der Waals surface area contributed by atoms with Crippen molar-refractivity contribution in [2.75, 3.05) is 5.32 Å². The van der Waals surface area contributed by atoms with Crippen LogP contribution < -0.4 is 10.6 Å². The first-order valence-electron chi connectivity index (χ1n) is 9.95. The quantitative estimate of drug-likeness (QED) is 0.332. The molecule has 1 amide bonds. The monoisotopic (exact) mass is 430 g/mol. The molecule has 3 aromatic rings. The number of phenolic OH excluding ortho intramolecular Hbond substituents is 1. The second kappa shape index (κ2) is 9.49. The predicted molar refractivity (Wildman–Crippen MR) is 126 cm³/mol. The van der Waals surface area contributed by atoms with Crippen LogP contribution in [-0.2, 0) is 11.2 Å². The van der Waals surface area contributed by atoms with E-state index in [9.17, 15) is 9.90 Å². The van der Waals surface area contributed by atoms with Crippen molar-refractivity contribution in [1.82, 2.24) is 5.32 Å². The van der Waals surface area contributed by atoms with Crippen molar-refractivity contribution in [1.29, 1.82) is 0 Å². The van der Waals surface area contributed by atoms with E-state index in [1.807, 2.05) is 42.5 Å². The number of hydrogen-bond donors (Lipinski definition) is 3. The molecule has 1 heterocycles. The number of phenols is 1. The highest BCUT2D eigenvalue weighted by Crippen LogP contribution is 2.33. The first-order valence-corrected chi connectivity index (χ1v) is 10.8. The van der Waals surface area contributed by atoms with E-state index in [4.69, 9.17) is 0 Å². The van der Waals surface area contributed by atoms with Gasteiger partial charge in [0.25, 0.3) is 5.91 Å². The first kappa shape index (κ1) is 20.7. The summed E-state index contributed by atoms with van der Waals surface area (Å²) in [6.45, 7) is 2.11. The Balaban J connectivity index is 1.48. The number of benzene rings is 3. The molecule has 4 rings (SSSR count). The summed E-state index contributed by atoms with van der Waals surface area (Å²) < 4.78 is 0. The zero-order chi connectivity index (χ0) is 21.6. The van der Waals surface area contributed by atoms with Gasteiger partial charge in [-0.05, 0) is 60.5 Å². The number of carbonyl (C=O) groups excluding carboxylic acids is 1. The Hall–Kier alpha value is -3.58. The van der Waals surface area contributed by atoms with E-state index in [0.717, 1.165) is 17.8 Å². The highest BCUT2D eigenvalue weighted by Gasteiger charge is 2.27. The molecular weight excluding hydrogens is 408 g/mol. The molecule has 1 atom stereocenters. The number of anilines is 1. The number of rotatable bonds is 6. The van der Waals surface area contributed by atoms with Crippen LogP contribution in [0.2, 0.25) is 0 Å². The average Bonchev–Trinajstić information content (AvgIpc) is 3.14. The zero-order valence-corrected chi connectivity index (χ0v) is 17.8. The number of nitrogens with zero attached hydrogens (tertiary/aromatic N) is 2. The number of azo groups is 1. The molecular formula is C24H22N4O2S. The van der Waals surface area contributed by atoms with Gasteiger partial charge in [-0.3, -0.25) is 4.79 Å². The number of hydrogen-bond acceptors (Lipinski definition) is 6. The van der Waals surface area contributed by atoms with Crippen molar-refractivity contribution in [2.24, 2.45) is 10.2 Å². The third-order valence-corrected chi connectivity index (χ3v) is 5.75. The van der Waals surface area contributed by atoms with E-state index in [1.165, 1.54) is 17.3 Å². The van der Waals surface area contributed by atoms with Crippen molar-refractivity contribution in [3.8, 4) is 5.75 Å². The summed E-state index contributed by atoms with van der Waals surface area (Å²) in [5.41, 5.74) is 3.74. The maximum Gasteiger partial charge on any atom is 0.260 e. The summed E-state index contributed by atoms with van der Waals surface area (Å²) in [5.74, 6) is -0.116. The largest absolute Gasteiger partial charge is 0.507 e. The van der Waals surface area contributed by atoms with Crippen molar-refractivity contribution in [3.63, 3.8) is 0 Å². The fourth-order valence-electron chi connectivity index (χ4n) is 3.02. The van der Waals surface area contributed by atoms with Gasteiger partial charge in [0.05, 0.1) is 16.3 Å². The van der Waals surface area contributed by atoms with Gasteiger partial charge in [0.2, 0.25) is 0 Å². The fourth-order valence-corrected chi connectivity index (χ4v) is 4.00. The maximum absolute atomic E-state index is 12.4. The molecule has 1 fully saturated rings. The molecule has 31 heavy (non-hydrogen) atoms. The Labute approximate surface area is 185 Å². The van der Waals surface area contributed by atoms with Crippen molar-refractivity contribution < 1.29 is 9.90 Å². The molecule has 0 unspecified atom stereocenters. The van der Waals surface area contributed by atoms with E-state index in [0.29, 0.717) is 16.2 Å². The maximum atomic E-state index is 12.4. The molecule has 156 valence electrons. The highest BCUT2D eigenvalue weighted by atomic mass is 32.2. The van der Waals surface area contributed by atoms with Crippen LogP contribution in [0.5, 0.6) is 5.75 Å². The molecule has 1 saturated heterocycles. The Kier molecular flexibility index (Phi) is 6.33. The zero-order valence-electron chi connectivity index (χ0n) is 16.9. The molecule has 0 saturated carbocycles. The molecule has 0 spiro atoms. The Morgan fingerprint density at radius 1 is 1.03 bits per heavy atom. The molecule has 1 aliphatic heterocycles. The Morgan fingerprint density at radius 3 is 2.52 bits per heavy atom. The lowest BCUT2D eigenvalue weighted by Gasteiger charge is -2.12. The van der Waals surface area contributed by atoms with Crippen LogP contribution in [0.1, 0.15) is 18.1 Å². The summed E-state index contributed by atoms with van der Waals surface area (Å²) in [4.78, 5) is 12.9. The van der Waals surface area contributed by atoms with E-state index in [2.05, 4.69) is 39.9 Å². The minimum absolute atomic E-state index is 0.0751. The van der Waals surface area contributed by atoms with Crippen LogP contribution in [0.15, 0.2) is 87.9 Å². The van der Waals surface area contributed by atoms with E-state index in [-0.39, 0.29) is 17.2 Å². The van der Waals surface area contributed by atoms with Gasteiger partial charge >= 0.3 is 0 Å². The van der Waals surface area contributed by atoms with E-state index in [1.54, 1.807) is 24.3 Å². The highest BCUT2D eigenvalue weighted by molar-refractivity contribution is 8.05. The number of amides is 1. The lowest BCUT2D eigenvalue weighted by molar-refractivity contribution is -0.116. The van der Waals surface area contributed by atoms with E-state index < -0.39 is 0 Å². The summed E-state index contributed by atoms with van der Waals surface area (Å²) >= 11 is 1.37. The fraction of sp³-hybridized carbons (Fsp3) is 0.125. The molecule has 1 aliphatic rings. The molecule has 0 radical (unpaired) electrons. The topological polar surface area (TPSA) is 86.1 Å². The second-order valence-electron chi connectivity index (χ2n) is 6.95. The lowest BCUT2D eigenvalue weighted by atomic mass is 10.1. The van der Waals surface area contributed by atoms with Gasteiger partial charge in [-0.15, -0.1) is 0 Å². The normalized spacial score (nSPS) is 17.3. The Bertz CT molecular complexity index is 1130. The van der Waals surface area contributed by atoms with Crippen LogP contribution in [0.4, 0.5) is 17.1 Å². The number of aromatic hydroxyl groups is 1. The minimum Gasteiger partial charge on any atom is -0.507 e. The SMILES string of the molecule is CCc1ccc(N[C@H]2NC(=O)/C(=C/c3cc(N=Nc4ccccc4)ccc3O)S2)cc1. The van der Waals surface area contributed by atoms with Gasteiger partial charge in [0.15, 0.2) is 5.50 Å². The van der Waals surface area contributed by atoms with Gasteiger partial charge in [0.1, 0.15) is 5.75 Å². The Morgan fingerprint density at radius 2 is 1.77 bits per heavy atom. The predicted octanol–water partition coefficient (Wildman–Crippen LogP) is 5.97. The number of carbonyl (C=O) groups is 1. The smallest absolute Gasteiger partial charge is 0.260 e. The molecule has 0 bridgehead atoms. The van der Waals surface area contributed by atoms with Crippen molar-refractivity contribution in [3.05, 3.63) is 88.8 Å². The second-order valence-corrected chi connectivity index (χ2v) is 8.10. The number of nitrogens with one attached hydrogen (secondary N) is 2. The lowest BCUT2D eigenvalue weighted by Crippen LogP contribution is -2.30. The third kappa shape index (κ3) is 5.32. The minimum atomic E-state index is -0.283. The van der Waals surface area contributed by atoms with E-state index >= 15 is 0 Å². The van der Waals surface area contributed by atoms with Gasteiger partial charge in [-0.2, -0.15) is 10.2 Å². The first-order chi connectivity index (χ1) is 15.1. The van der Waals surface area contributed by atoms with Crippen LogP contribution in [-0.4, -0.2) is 16.5 Å². The van der Waals surface area contributed by atoms with Gasteiger partial charge < -0.3 is 15.7 Å². The van der Waals surface area contributed by atoms with Gasteiger partial charge in [-0.25, -0.2) is 0 Å². The summed E-state index contributed by atoms with van der Waals surface area (Å²) in [7, 11) is 0. The van der Waals surface area contributed by atoms with Crippen molar-refractivity contribution in [2.45, 2.75) is 18.8 Å². The van der Waals surface area contributed by atoms with Crippen LogP contribution in [0.25, 0.3) is 6.08 Å². The standard InChI is InChI=1S/C24H22N4O2S/c1-2-16-8-10-18(11-9-16)25-24-26-23(30)22(31-24)15-17-14-20(12-13-21(17)29)28-27-19-6-4-3-5-7-19/h3-15,24-25,29H,2H2,1H3,(H,26,30)/b22-15-,28-27?/t24-/m0/s1. The summed E-state index contributed by atoms with van der Waals surface area (Å²) in [6, 6.07) is 22.5. The molecule has 0 aliphatic carbocycles. The summed E-state index contributed by atoms with van der Waals surface area (Å²) in [6.07, 6.45) is 2.65. The molecule has 7 heteroatoms. The molecule has 6 nitrogen and oxygen atoms in total. The van der Waals surface area contributed by atoms with Crippen molar-refractivity contribution >= 4 is 40.8 Å². The average molecular weight is 431 g/mol. The van der Waals surface area contributed by atoms with Crippen LogP contribution >= 0.6 is 11.8 Å². The molecule has 3 aromatic carbocycles. The van der Waals surface area contributed by atoms with Gasteiger partial charge in [0, 0.05) is 11.3 Å². The van der Waals surface area contributed by atoms with Crippen LogP contribution in [0.3, 0.4) is 0 Å².